The molecule has 3 rings (SSSR count). The normalized spacial score (nSPS) is 13.3. The molecule has 2 aromatic carbocycles. The van der Waals surface area contributed by atoms with Crippen LogP contribution >= 0.6 is 0 Å². The fourth-order valence-corrected chi connectivity index (χ4v) is 2.61. The van der Waals surface area contributed by atoms with Crippen molar-refractivity contribution in [2.75, 3.05) is 11.5 Å². The molecule has 0 unspecified atom stereocenters. The number of fused-ring (bicyclic) bond motifs is 1. The lowest BCUT2D eigenvalue weighted by molar-refractivity contribution is -0.114. The number of para-hydroxylation sites is 1. The van der Waals surface area contributed by atoms with Crippen molar-refractivity contribution in [2.45, 2.75) is 26.3 Å². The molecule has 0 radical (unpaired) electrons. The second-order valence-electron chi connectivity index (χ2n) is 5.58. The molecule has 0 aromatic heterocycles. The van der Waals surface area contributed by atoms with Gasteiger partial charge in [-0.1, -0.05) is 37.6 Å². The molecule has 0 aliphatic carbocycles. The first-order chi connectivity index (χ1) is 11.2. The standard InChI is InChI=1S/C19H19NO3/c1-2-3-12-23-15-10-8-14(9-11-15)13-20-17-7-5-4-6-16(17)18(21)19(20)22/h4-11H,2-3,12-13H2,1H3. The van der Waals surface area contributed by atoms with Gasteiger partial charge in [-0.15, -0.1) is 0 Å². The van der Waals surface area contributed by atoms with Gasteiger partial charge in [-0.05, 0) is 36.2 Å². The van der Waals surface area contributed by atoms with Crippen molar-refractivity contribution in [3.63, 3.8) is 0 Å². The molecule has 1 aliphatic rings. The predicted octanol–water partition coefficient (Wildman–Crippen LogP) is 3.60. The third-order valence-corrected chi connectivity index (χ3v) is 3.91. The zero-order valence-electron chi connectivity index (χ0n) is 13.1. The first kappa shape index (κ1) is 15.3. The van der Waals surface area contributed by atoms with Crippen LogP contribution in [0.5, 0.6) is 5.75 Å². The first-order valence-electron chi connectivity index (χ1n) is 7.87. The van der Waals surface area contributed by atoms with Crippen LogP contribution in [0.3, 0.4) is 0 Å². The molecule has 0 N–H and O–H groups in total. The zero-order valence-corrected chi connectivity index (χ0v) is 13.1. The summed E-state index contributed by atoms with van der Waals surface area (Å²) in [7, 11) is 0. The molecule has 0 saturated carbocycles. The van der Waals surface area contributed by atoms with Gasteiger partial charge in [0.05, 0.1) is 24.4 Å². The van der Waals surface area contributed by atoms with Crippen LogP contribution in [0.15, 0.2) is 48.5 Å². The summed E-state index contributed by atoms with van der Waals surface area (Å²) in [5, 5.41) is 0. The number of anilines is 1. The highest BCUT2D eigenvalue weighted by Gasteiger charge is 2.35. The van der Waals surface area contributed by atoms with Crippen LogP contribution in [-0.4, -0.2) is 18.3 Å². The minimum Gasteiger partial charge on any atom is -0.494 e. The van der Waals surface area contributed by atoms with Gasteiger partial charge >= 0.3 is 0 Å². The van der Waals surface area contributed by atoms with Gasteiger partial charge in [-0.25, -0.2) is 0 Å². The van der Waals surface area contributed by atoms with Crippen LogP contribution in [0, 0.1) is 0 Å². The third kappa shape index (κ3) is 3.11. The number of carbonyl (C=O) groups is 2. The number of rotatable bonds is 6. The smallest absolute Gasteiger partial charge is 0.299 e. The van der Waals surface area contributed by atoms with E-state index in [0.717, 1.165) is 24.2 Å². The van der Waals surface area contributed by atoms with Crippen molar-refractivity contribution in [3.05, 3.63) is 59.7 Å². The largest absolute Gasteiger partial charge is 0.494 e. The molecule has 4 heteroatoms. The van der Waals surface area contributed by atoms with E-state index in [1.54, 1.807) is 18.2 Å². The molecule has 1 amide bonds. The second-order valence-corrected chi connectivity index (χ2v) is 5.58. The quantitative estimate of drug-likeness (QED) is 0.605. The lowest BCUT2D eigenvalue weighted by Gasteiger charge is -2.16. The highest BCUT2D eigenvalue weighted by molar-refractivity contribution is 6.52. The Bertz CT molecular complexity index is 722. The van der Waals surface area contributed by atoms with Gasteiger partial charge in [-0.2, -0.15) is 0 Å². The van der Waals surface area contributed by atoms with Gasteiger partial charge in [0, 0.05) is 0 Å². The summed E-state index contributed by atoms with van der Waals surface area (Å²) < 4.78 is 5.63. The zero-order chi connectivity index (χ0) is 16.2. The van der Waals surface area contributed by atoms with Crippen LogP contribution in [0.1, 0.15) is 35.7 Å². The monoisotopic (exact) mass is 309 g/mol. The van der Waals surface area contributed by atoms with Crippen LogP contribution in [-0.2, 0) is 11.3 Å². The Hall–Kier alpha value is -2.62. The maximum Gasteiger partial charge on any atom is 0.299 e. The average molecular weight is 309 g/mol. The number of ether oxygens (including phenoxy) is 1. The van der Waals surface area contributed by atoms with Crippen molar-refractivity contribution >= 4 is 17.4 Å². The van der Waals surface area contributed by atoms with E-state index < -0.39 is 11.7 Å². The van der Waals surface area contributed by atoms with Crippen LogP contribution in [0.4, 0.5) is 5.69 Å². The minimum atomic E-state index is -0.463. The van der Waals surface area contributed by atoms with E-state index in [9.17, 15) is 9.59 Å². The molecule has 0 spiro atoms. The Morgan fingerprint density at radius 1 is 1.00 bits per heavy atom. The van der Waals surface area contributed by atoms with E-state index in [-0.39, 0.29) is 0 Å². The maximum atomic E-state index is 12.2. The first-order valence-corrected chi connectivity index (χ1v) is 7.87. The van der Waals surface area contributed by atoms with E-state index in [1.165, 1.54) is 4.90 Å². The average Bonchev–Trinajstić information content (AvgIpc) is 2.82. The number of Topliss-reactive ketones (excluding diaryl/α,β-unsaturated/α-hetero) is 1. The lowest BCUT2D eigenvalue weighted by Crippen LogP contribution is -2.29. The minimum absolute atomic E-state index is 0.386. The SMILES string of the molecule is CCCCOc1ccc(CN2C(=O)C(=O)c3ccccc32)cc1. The summed E-state index contributed by atoms with van der Waals surface area (Å²) in [4.78, 5) is 25.7. The molecule has 0 atom stereocenters. The number of nitrogens with zero attached hydrogens (tertiary/aromatic N) is 1. The molecule has 23 heavy (non-hydrogen) atoms. The third-order valence-electron chi connectivity index (χ3n) is 3.91. The fourth-order valence-electron chi connectivity index (χ4n) is 2.61. The summed E-state index contributed by atoms with van der Waals surface area (Å²) in [5.74, 6) is -0.0685. The van der Waals surface area contributed by atoms with Gasteiger partial charge < -0.3 is 9.64 Å². The Kier molecular flexibility index (Phi) is 4.42. The summed E-state index contributed by atoms with van der Waals surface area (Å²) >= 11 is 0. The van der Waals surface area contributed by atoms with Gasteiger partial charge in [-0.3, -0.25) is 9.59 Å². The number of amides is 1. The molecule has 4 nitrogen and oxygen atoms in total. The molecular weight excluding hydrogens is 290 g/mol. The van der Waals surface area contributed by atoms with Crippen molar-refractivity contribution < 1.29 is 14.3 Å². The molecule has 2 aromatic rings. The van der Waals surface area contributed by atoms with Crippen molar-refractivity contribution in [1.29, 1.82) is 0 Å². The van der Waals surface area contributed by atoms with Crippen LogP contribution in [0.25, 0.3) is 0 Å². The number of carbonyl (C=O) groups excluding carboxylic acids is 2. The van der Waals surface area contributed by atoms with Crippen molar-refractivity contribution in [1.82, 2.24) is 0 Å². The maximum absolute atomic E-state index is 12.2. The highest BCUT2D eigenvalue weighted by atomic mass is 16.5. The highest BCUT2D eigenvalue weighted by Crippen LogP contribution is 2.30. The number of hydrogen-bond acceptors (Lipinski definition) is 3. The summed E-state index contributed by atoms with van der Waals surface area (Å²) in [6, 6.07) is 14.8. The summed E-state index contributed by atoms with van der Waals surface area (Å²) in [6.45, 7) is 3.22. The van der Waals surface area contributed by atoms with E-state index in [4.69, 9.17) is 4.74 Å². The van der Waals surface area contributed by atoms with Gasteiger partial charge in [0.15, 0.2) is 0 Å². The number of hydrogen-bond donors (Lipinski definition) is 0. The molecule has 0 fully saturated rings. The molecular formula is C19H19NO3. The molecule has 0 bridgehead atoms. The van der Waals surface area contributed by atoms with Crippen molar-refractivity contribution in [3.8, 4) is 5.75 Å². The van der Waals surface area contributed by atoms with Gasteiger partial charge in [0.25, 0.3) is 11.7 Å². The van der Waals surface area contributed by atoms with E-state index in [1.807, 2.05) is 30.3 Å². The second kappa shape index (κ2) is 6.65. The molecule has 1 aliphatic heterocycles. The molecule has 1 heterocycles. The number of unbranched alkanes of at least 4 members (excludes halogenated alkanes) is 1. The molecule has 118 valence electrons. The Labute approximate surface area is 135 Å². The Morgan fingerprint density at radius 3 is 2.48 bits per heavy atom. The molecule has 0 saturated heterocycles. The summed E-state index contributed by atoms with van der Waals surface area (Å²) in [5.41, 5.74) is 2.13. The van der Waals surface area contributed by atoms with Crippen LogP contribution < -0.4 is 9.64 Å². The Balaban J connectivity index is 1.72. The van der Waals surface area contributed by atoms with Crippen LogP contribution in [0.2, 0.25) is 0 Å². The van der Waals surface area contributed by atoms with Crippen molar-refractivity contribution in [2.24, 2.45) is 0 Å². The number of ketones is 1. The van der Waals surface area contributed by atoms with E-state index in [2.05, 4.69) is 6.92 Å². The summed E-state index contributed by atoms with van der Waals surface area (Å²) in [6.07, 6.45) is 2.13. The van der Waals surface area contributed by atoms with E-state index >= 15 is 0 Å². The van der Waals surface area contributed by atoms with E-state index in [0.29, 0.717) is 24.4 Å². The lowest BCUT2D eigenvalue weighted by atomic mass is 10.1. The fraction of sp³-hybridized carbons (Fsp3) is 0.263. The topological polar surface area (TPSA) is 46.6 Å². The Morgan fingerprint density at radius 2 is 1.74 bits per heavy atom. The predicted molar refractivity (Wildman–Crippen MR) is 88.8 cm³/mol. The van der Waals surface area contributed by atoms with Gasteiger partial charge in [0.1, 0.15) is 5.75 Å². The van der Waals surface area contributed by atoms with Gasteiger partial charge in [0.2, 0.25) is 0 Å². The number of benzene rings is 2.